The lowest BCUT2D eigenvalue weighted by Crippen LogP contribution is -2.40. The van der Waals surface area contributed by atoms with Crippen molar-refractivity contribution in [3.8, 4) is 11.5 Å². The van der Waals surface area contributed by atoms with E-state index < -0.39 is 6.10 Å². The third-order valence-electron chi connectivity index (χ3n) is 5.77. The molecule has 1 aliphatic carbocycles. The first kappa shape index (κ1) is 23.5. The molecule has 1 atom stereocenters. The number of benzene rings is 1. The molecule has 3 rings (SSSR count). The maximum atomic E-state index is 10.4. The van der Waals surface area contributed by atoms with Gasteiger partial charge < -0.3 is 24.8 Å². The molecule has 0 amide bonds. The van der Waals surface area contributed by atoms with Gasteiger partial charge in [-0.2, -0.15) is 0 Å². The Morgan fingerprint density at radius 2 is 1.97 bits per heavy atom. The van der Waals surface area contributed by atoms with Crippen LogP contribution in [0.2, 0.25) is 0 Å². The van der Waals surface area contributed by atoms with Gasteiger partial charge in [0.25, 0.3) is 0 Å². The summed E-state index contributed by atoms with van der Waals surface area (Å²) in [6, 6.07) is 12.5. The highest BCUT2D eigenvalue weighted by molar-refractivity contribution is 5.28. The second-order valence-electron chi connectivity index (χ2n) is 8.41. The fourth-order valence-electron chi connectivity index (χ4n) is 4.05. The minimum Gasteiger partial charge on any atom is -0.492 e. The first-order chi connectivity index (χ1) is 15.2. The number of nitrogens with one attached hydrogen (secondary N) is 1. The molecule has 1 aliphatic rings. The molecule has 0 spiro atoms. The summed E-state index contributed by atoms with van der Waals surface area (Å²) in [5.41, 5.74) is 1.17. The quantitative estimate of drug-likeness (QED) is 0.476. The Morgan fingerprint density at radius 3 is 2.77 bits per heavy atom. The maximum Gasteiger partial charge on any atom is 0.137 e. The van der Waals surface area contributed by atoms with Crippen molar-refractivity contribution in [3.05, 3.63) is 54.4 Å². The van der Waals surface area contributed by atoms with Gasteiger partial charge in [-0.15, -0.1) is 0 Å². The molecule has 170 valence electrons. The normalized spacial score (nSPS) is 15.7. The lowest BCUT2D eigenvalue weighted by atomic mass is 9.94. The van der Waals surface area contributed by atoms with E-state index in [0.717, 1.165) is 31.0 Å². The van der Waals surface area contributed by atoms with Crippen LogP contribution in [-0.2, 0) is 6.54 Å². The van der Waals surface area contributed by atoms with Crippen molar-refractivity contribution in [2.45, 2.75) is 57.2 Å². The van der Waals surface area contributed by atoms with Crippen LogP contribution in [0, 0.1) is 0 Å². The number of aromatic nitrogens is 1. The number of hydrogen-bond acceptors (Lipinski definition) is 6. The molecular formula is C25H37N3O3. The molecule has 1 fully saturated rings. The van der Waals surface area contributed by atoms with Gasteiger partial charge in [-0.1, -0.05) is 31.4 Å². The van der Waals surface area contributed by atoms with Crippen molar-refractivity contribution in [2.24, 2.45) is 0 Å². The molecule has 6 heteroatoms. The highest BCUT2D eigenvalue weighted by Gasteiger charge is 2.20. The summed E-state index contributed by atoms with van der Waals surface area (Å²) in [6.45, 7) is 3.29. The Labute approximate surface area is 186 Å². The van der Waals surface area contributed by atoms with Gasteiger partial charge in [0.05, 0.1) is 12.8 Å². The largest absolute Gasteiger partial charge is 0.492 e. The van der Waals surface area contributed by atoms with Gasteiger partial charge in [0.15, 0.2) is 0 Å². The standard InChI is InChI=1S/C25H37N3O3/c1-28(22-9-3-2-4-10-22)19-23(29)20-31-24-11-5-8-21(16-24)17-26-14-7-15-30-25-12-6-13-27-18-25/h5-6,8,11-13,16,18,22-23,26,29H,2-4,7,9-10,14-15,17,19-20H2,1H3/t23-/m1/s1. The van der Waals surface area contributed by atoms with Crippen LogP contribution >= 0.6 is 0 Å². The molecule has 2 N–H and O–H groups in total. The van der Waals surface area contributed by atoms with Crippen molar-refractivity contribution in [3.63, 3.8) is 0 Å². The van der Waals surface area contributed by atoms with E-state index in [1.165, 1.54) is 37.7 Å². The Morgan fingerprint density at radius 1 is 1.13 bits per heavy atom. The molecule has 6 nitrogen and oxygen atoms in total. The van der Waals surface area contributed by atoms with Gasteiger partial charge in [0, 0.05) is 25.3 Å². The van der Waals surface area contributed by atoms with Crippen molar-refractivity contribution >= 4 is 0 Å². The van der Waals surface area contributed by atoms with Gasteiger partial charge in [0.1, 0.15) is 24.2 Å². The summed E-state index contributed by atoms with van der Waals surface area (Å²) in [7, 11) is 2.12. The molecule has 0 radical (unpaired) electrons. The zero-order chi connectivity index (χ0) is 21.7. The number of rotatable bonds is 13. The highest BCUT2D eigenvalue weighted by atomic mass is 16.5. The van der Waals surface area contributed by atoms with Crippen molar-refractivity contribution in [1.29, 1.82) is 0 Å². The number of likely N-dealkylation sites (N-methyl/N-ethyl adjacent to an activating group) is 1. The predicted molar refractivity (Wildman–Crippen MR) is 124 cm³/mol. The van der Waals surface area contributed by atoms with Crippen molar-refractivity contribution < 1.29 is 14.6 Å². The van der Waals surface area contributed by atoms with E-state index >= 15 is 0 Å². The summed E-state index contributed by atoms with van der Waals surface area (Å²) in [5, 5.41) is 13.8. The smallest absolute Gasteiger partial charge is 0.137 e. The Kier molecular flexibility index (Phi) is 10.1. The van der Waals surface area contributed by atoms with Gasteiger partial charge >= 0.3 is 0 Å². The minimum absolute atomic E-state index is 0.319. The third kappa shape index (κ3) is 8.85. The zero-order valence-electron chi connectivity index (χ0n) is 18.7. The Hall–Kier alpha value is -2.15. The first-order valence-corrected chi connectivity index (χ1v) is 11.5. The lowest BCUT2D eigenvalue weighted by Gasteiger charge is -2.32. The van der Waals surface area contributed by atoms with Crippen LogP contribution in [0.25, 0.3) is 0 Å². The van der Waals surface area contributed by atoms with E-state index in [1.807, 2.05) is 30.3 Å². The Balaban J connectivity index is 1.30. The van der Waals surface area contributed by atoms with Crippen molar-refractivity contribution in [2.75, 3.05) is 33.4 Å². The fourth-order valence-corrected chi connectivity index (χ4v) is 4.05. The molecular weight excluding hydrogens is 390 g/mol. The first-order valence-electron chi connectivity index (χ1n) is 11.5. The van der Waals surface area contributed by atoms with Crippen LogP contribution in [0.1, 0.15) is 44.1 Å². The van der Waals surface area contributed by atoms with E-state index in [-0.39, 0.29) is 0 Å². The summed E-state index contributed by atoms with van der Waals surface area (Å²) < 4.78 is 11.5. The molecule has 0 unspecified atom stereocenters. The van der Waals surface area contributed by atoms with Gasteiger partial charge in [-0.05, 0) is 62.7 Å². The Bertz CT molecular complexity index is 738. The molecule has 1 saturated carbocycles. The topological polar surface area (TPSA) is 66.9 Å². The molecule has 31 heavy (non-hydrogen) atoms. The molecule has 1 aromatic carbocycles. The number of nitrogens with zero attached hydrogens (tertiary/aromatic N) is 2. The van der Waals surface area contributed by atoms with Crippen LogP contribution in [0.5, 0.6) is 11.5 Å². The number of ether oxygens (including phenoxy) is 2. The maximum absolute atomic E-state index is 10.4. The number of pyridine rings is 1. The minimum atomic E-state index is -0.478. The average Bonchev–Trinajstić information content (AvgIpc) is 2.81. The number of hydrogen-bond donors (Lipinski definition) is 2. The van der Waals surface area contributed by atoms with E-state index in [4.69, 9.17) is 9.47 Å². The summed E-state index contributed by atoms with van der Waals surface area (Å²) in [5.74, 6) is 1.61. The summed E-state index contributed by atoms with van der Waals surface area (Å²) in [4.78, 5) is 6.34. The molecule has 0 aliphatic heterocycles. The van der Waals surface area contributed by atoms with E-state index in [9.17, 15) is 5.11 Å². The number of aliphatic hydroxyl groups is 1. The third-order valence-corrected chi connectivity index (χ3v) is 5.77. The molecule has 0 bridgehead atoms. The molecule has 1 aromatic heterocycles. The van der Waals surface area contributed by atoms with Crippen LogP contribution < -0.4 is 14.8 Å². The van der Waals surface area contributed by atoms with E-state index in [1.54, 1.807) is 12.4 Å². The predicted octanol–water partition coefficient (Wildman–Crippen LogP) is 3.64. The molecule has 2 aromatic rings. The second-order valence-corrected chi connectivity index (χ2v) is 8.41. The van der Waals surface area contributed by atoms with Gasteiger partial charge in [-0.3, -0.25) is 4.98 Å². The summed E-state index contributed by atoms with van der Waals surface area (Å²) in [6.07, 6.45) is 10.4. The van der Waals surface area contributed by atoms with Crippen molar-refractivity contribution in [1.82, 2.24) is 15.2 Å². The SMILES string of the molecule is CN(C[C@@H](O)COc1cccc(CNCCCOc2cccnc2)c1)C1CCCCC1. The van der Waals surface area contributed by atoms with Crippen LogP contribution in [0.15, 0.2) is 48.8 Å². The zero-order valence-corrected chi connectivity index (χ0v) is 18.7. The summed E-state index contributed by atoms with van der Waals surface area (Å²) >= 11 is 0. The lowest BCUT2D eigenvalue weighted by molar-refractivity contribution is 0.0561. The van der Waals surface area contributed by atoms with Gasteiger partial charge in [-0.25, -0.2) is 0 Å². The van der Waals surface area contributed by atoms with Crippen LogP contribution in [0.4, 0.5) is 0 Å². The van der Waals surface area contributed by atoms with Crippen LogP contribution in [0.3, 0.4) is 0 Å². The molecule has 0 saturated heterocycles. The monoisotopic (exact) mass is 427 g/mol. The second kappa shape index (κ2) is 13.3. The molecule has 1 heterocycles. The van der Waals surface area contributed by atoms with E-state index in [0.29, 0.717) is 25.8 Å². The highest BCUT2D eigenvalue weighted by Crippen LogP contribution is 2.21. The van der Waals surface area contributed by atoms with Gasteiger partial charge in [0.2, 0.25) is 0 Å². The van der Waals surface area contributed by atoms with Crippen LogP contribution in [-0.4, -0.2) is 60.5 Å². The van der Waals surface area contributed by atoms with E-state index in [2.05, 4.69) is 28.3 Å². The fraction of sp³-hybridized carbons (Fsp3) is 0.560. The average molecular weight is 428 g/mol. The number of aliphatic hydroxyl groups excluding tert-OH is 1.